The zero-order valence-corrected chi connectivity index (χ0v) is 14.7. The molecule has 0 fully saturated rings. The molecule has 0 saturated carbocycles. The number of anilines is 1. The highest BCUT2D eigenvalue weighted by Crippen LogP contribution is 2.31. The maximum Gasteiger partial charge on any atom is 0.341 e. The second-order valence-electron chi connectivity index (χ2n) is 5.93. The lowest BCUT2D eigenvalue weighted by Crippen LogP contribution is -2.25. The Hall–Kier alpha value is -3.29. The van der Waals surface area contributed by atoms with Crippen molar-refractivity contribution >= 4 is 37.0 Å². The number of carboxylic acids is 1. The highest BCUT2D eigenvalue weighted by Gasteiger charge is 2.29. The van der Waals surface area contributed by atoms with E-state index >= 15 is 0 Å². The summed E-state index contributed by atoms with van der Waals surface area (Å²) in [5, 5.41) is 14.8. The van der Waals surface area contributed by atoms with E-state index in [9.17, 15) is 9.59 Å². The van der Waals surface area contributed by atoms with Gasteiger partial charge < -0.3 is 14.6 Å². The van der Waals surface area contributed by atoms with Crippen LogP contribution in [0.2, 0.25) is 0 Å². The van der Waals surface area contributed by atoms with E-state index in [1.165, 1.54) is 12.1 Å². The van der Waals surface area contributed by atoms with Crippen LogP contribution in [0.3, 0.4) is 0 Å². The maximum absolute atomic E-state index is 13.0. The van der Waals surface area contributed by atoms with Gasteiger partial charge in [-0.2, -0.15) is 5.10 Å². The number of hydrazone groups is 1. The average molecular weight is 364 g/mol. The SMILES string of the molecule is [B]c1ccc(OCC(=O)O)c(C(=O)C2C=NN(c3ccccc3OC)C2)c1. The molecule has 2 aromatic carbocycles. The van der Waals surface area contributed by atoms with E-state index in [1.807, 2.05) is 24.3 Å². The zero-order valence-electron chi connectivity index (χ0n) is 14.7. The highest BCUT2D eigenvalue weighted by molar-refractivity contribution is 6.33. The lowest BCUT2D eigenvalue weighted by molar-refractivity contribution is -0.139. The molecule has 0 aromatic heterocycles. The highest BCUT2D eigenvalue weighted by atomic mass is 16.5. The molecule has 2 radical (unpaired) electrons. The predicted molar refractivity (Wildman–Crippen MR) is 102 cm³/mol. The first kappa shape index (κ1) is 18.5. The summed E-state index contributed by atoms with van der Waals surface area (Å²) in [6, 6.07) is 11.9. The predicted octanol–water partition coefficient (Wildman–Crippen LogP) is 1.26. The average Bonchev–Trinajstić information content (AvgIpc) is 3.16. The van der Waals surface area contributed by atoms with Crippen LogP contribution in [0.1, 0.15) is 10.4 Å². The van der Waals surface area contributed by atoms with Crippen LogP contribution < -0.4 is 19.9 Å². The van der Waals surface area contributed by atoms with Gasteiger partial charge in [0.25, 0.3) is 0 Å². The monoisotopic (exact) mass is 364 g/mol. The molecule has 2 aromatic rings. The summed E-state index contributed by atoms with van der Waals surface area (Å²) in [6.07, 6.45) is 1.55. The lowest BCUT2D eigenvalue weighted by Gasteiger charge is -2.19. The minimum absolute atomic E-state index is 0.181. The number of carbonyl (C=O) groups excluding carboxylic acids is 1. The molecular weight excluding hydrogens is 347 g/mol. The van der Waals surface area contributed by atoms with Gasteiger partial charge in [0.15, 0.2) is 12.4 Å². The fourth-order valence-corrected chi connectivity index (χ4v) is 2.80. The molecule has 0 aliphatic carbocycles. The Bertz CT molecular complexity index is 899. The molecule has 1 aliphatic heterocycles. The Morgan fingerprint density at radius 3 is 2.78 bits per heavy atom. The minimum atomic E-state index is -1.13. The Morgan fingerprint density at radius 2 is 2.04 bits per heavy atom. The number of carboxylic acid groups (broad SMARTS) is 1. The van der Waals surface area contributed by atoms with Gasteiger partial charge in [0.2, 0.25) is 0 Å². The summed E-state index contributed by atoms with van der Waals surface area (Å²) in [7, 11) is 7.36. The van der Waals surface area contributed by atoms with Gasteiger partial charge in [-0.05, 0) is 18.2 Å². The number of rotatable bonds is 7. The summed E-state index contributed by atoms with van der Waals surface area (Å²) in [4.78, 5) is 23.7. The Morgan fingerprint density at radius 1 is 1.26 bits per heavy atom. The third kappa shape index (κ3) is 4.11. The van der Waals surface area contributed by atoms with Gasteiger partial charge in [-0.15, -0.1) is 0 Å². The number of Topliss-reactive ketones (excluding diaryl/α,β-unsaturated/α-hetero) is 1. The first-order valence-corrected chi connectivity index (χ1v) is 8.22. The minimum Gasteiger partial charge on any atom is -0.495 e. The molecule has 8 heteroatoms. The number of ether oxygens (including phenoxy) is 2. The van der Waals surface area contributed by atoms with Crippen molar-refractivity contribution in [2.75, 3.05) is 25.3 Å². The van der Waals surface area contributed by atoms with Crippen molar-refractivity contribution < 1.29 is 24.2 Å². The number of methoxy groups -OCH3 is 1. The van der Waals surface area contributed by atoms with E-state index in [0.29, 0.717) is 17.8 Å². The van der Waals surface area contributed by atoms with Crippen LogP contribution >= 0.6 is 0 Å². The summed E-state index contributed by atoms with van der Waals surface area (Å²) in [6.45, 7) is -0.220. The zero-order chi connectivity index (χ0) is 19.4. The summed E-state index contributed by atoms with van der Waals surface area (Å²) < 4.78 is 10.6. The fourth-order valence-electron chi connectivity index (χ4n) is 2.80. The van der Waals surface area contributed by atoms with Crippen molar-refractivity contribution in [1.82, 2.24) is 0 Å². The van der Waals surface area contributed by atoms with Gasteiger partial charge in [-0.25, -0.2) is 4.79 Å². The van der Waals surface area contributed by atoms with Crippen molar-refractivity contribution in [1.29, 1.82) is 0 Å². The van der Waals surface area contributed by atoms with Crippen LogP contribution in [0.25, 0.3) is 0 Å². The number of ketones is 1. The third-order valence-electron chi connectivity index (χ3n) is 4.08. The van der Waals surface area contributed by atoms with Gasteiger partial charge in [0.05, 0.1) is 25.1 Å². The maximum atomic E-state index is 13.0. The van der Waals surface area contributed by atoms with Crippen molar-refractivity contribution in [2.24, 2.45) is 11.0 Å². The molecule has 0 amide bonds. The van der Waals surface area contributed by atoms with E-state index in [-0.39, 0.29) is 17.1 Å². The molecule has 136 valence electrons. The number of aliphatic carboxylic acids is 1. The third-order valence-corrected chi connectivity index (χ3v) is 4.08. The number of para-hydroxylation sites is 2. The second-order valence-corrected chi connectivity index (χ2v) is 5.93. The van der Waals surface area contributed by atoms with E-state index in [2.05, 4.69) is 5.10 Å². The van der Waals surface area contributed by atoms with Crippen molar-refractivity contribution in [3.05, 3.63) is 48.0 Å². The van der Waals surface area contributed by atoms with E-state index in [0.717, 1.165) is 5.69 Å². The first-order chi connectivity index (χ1) is 13.0. The lowest BCUT2D eigenvalue weighted by atomic mass is 9.90. The fraction of sp³-hybridized carbons (Fsp3) is 0.211. The van der Waals surface area contributed by atoms with Crippen LogP contribution in [0, 0.1) is 5.92 Å². The van der Waals surface area contributed by atoms with Crippen LogP contribution in [0.4, 0.5) is 5.69 Å². The Labute approximate surface area is 157 Å². The van der Waals surface area contributed by atoms with Crippen LogP contribution in [0.15, 0.2) is 47.6 Å². The molecule has 1 N–H and O–H groups in total. The summed E-state index contributed by atoms with van der Waals surface area (Å²) in [5.41, 5.74) is 1.37. The molecule has 1 atom stereocenters. The van der Waals surface area contributed by atoms with Crippen LogP contribution in [0.5, 0.6) is 11.5 Å². The Kier molecular flexibility index (Phi) is 5.45. The summed E-state index contributed by atoms with van der Waals surface area (Å²) in [5.74, 6) is -1.07. The van der Waals surface area contributed by atoms with Crippen LogP contribution in [-0.4, -0.2) is 51.2 Å². The van der Waals surface area contributed by atoms with Gasteiger partial charge in [0.1, 0.15) is 25.0 Å². The van der Waals surface area contributed by atoms with Crippen LogP contribution in [-0.2, 0) is 4.79 Å². The second kappa shape index (κ2) is 7.95. The molecule has 1 heterocycles. The van der Waals surface area contributed by atoms with Gasteiger partial charge in [0, 0.05) is 6.21 Å². The molecular formula is C19H17BN2O5. The molecule has 1 unspecified atom stereocenters. The van der Waals surface area contributed by atoms with E-state index in [4.69, 9.17) is 22.4 Å². The van der Waals surface area contributed by atoms with Crippen molar-refractivity contribution in [3.63, 3.8) is 0 Å². The summed E-state index contributed by atoms with van der Waals surface area (Å²) >= 11 is 0. The topological polar surface area (TPSA) is 88.4 Å². The number of carbonyl (C=O) groups is 2. The molecule has 1 aliphatic rings. The number of benzene rings is 2. The molecule has 27 heavy (non-hydrogen) atoms. The standard InChI is InChI=1S/C19H17BN2O5/c1-26-17-5-3-2-4-15(17)22-10-12(9-21-22)19(25)14-8-13(20)6-7-16(14)27-11-18(23)24/h2-9,12H,10-11H2,1H3,(H,23,24). The largest absolute Gasteiger partial charge is 0.495 e. The van der Waals surface area contributed by atoms with Gasteiger partial charge >= 0.3 is 5.97 Å². The normalized spacial score (nSPS) is 15.6. The van der Waals surface area contributed by atoms with Gasteiger partial charge in [-0.3, -0.25) is 9.80 Å². The number of hydrogen-bond donors (Lipinski definition) is 1. The number of hydrogen-bond acceptors (Lipinski definition) is 6. The van der Waals surface area contributed by atoms with Gasteiger partial charge in [-0.1, -0.05) is 29.7 Å². The molecule has 0 saturated heterocycles. The quantitative estimate of drug-likeness (QED) is 0.588. The van der Waals surface area contributed by atoms with E-state index in [1.54, 1.807) is 24.4 Å². The van der Waals surface area contributed by atoms with Crippen molar-refractivity contribution in [2.45, 2.75) is 0 Å². The molecule has 0 spiro atoms. The van der Waals surface area contributed by atoms with Crippen molar-refractivity contribution in [3.8, 4) is 11.5 Å². The Balaban J connectivity index is 1.80. The molecule has 7 nitrogen and oxygen atoms in total. The smallest absolute Gasteiger partial charge is 0.341 e. The molecule has 0 bridgehead atoms. The first-order valence-electron chi connectivity index (χ1n) is 8.22. The number of nitrogens with zero attached hydrogens (tertiary/aromatic N) is 2. The van der Waals surface area contributed by atoms with E-state index < -0.39 is 18.5 Å². The molecule has 3 rings (SSSR count).